The van der Waals surface area contributed by atoms with Crippen LogP contribution in [0.15, 0.2) is 18.2 Å². The van der Waals surface area contributed by atoms with Gasteiger partial charge in [0.25, 0.3) is 0 Å². The molecule has 2 fully saturated rings. The van der Waals surface area contributed by atoms with Crippen LogP contribution in [0.3, 0.4) is 0 Å². The van der Waals surface area contributed by atoms with E-state index in [-0.39, 0.29) is 18.6 Å². The molecule has 1 aromatic carbocycles. The molecular weight excluding hydrogens is 294 g/mol. The second kappa shape index (κ2) is 5.41. The Morgan fingerprint density at radius 3 is 2.87 bits per heavy atom. The number of rotatable bonds is 3. The number of amides is 1. The average Bonchev–Trinajstić information content (AvgIpc) is 3.29. The largest absolute Gasteiger partial charge is 0.454 e. The Kier molecular flexibility index (Phi) is 3.48. The molecule has 4 rings (SSSR count). The van der Waals surface area contributed by atoms with E-state index in [1.54, 1.807) is 0 Å². The number of ether oxygens (including phenoxy) is 2. The van der Waals surface area contributed by atoms with Crippen LogP contribution >= 0.6 is 0 Å². The normalized spacial score (nSPS) is 29.7. The Morgan fingerprint density at radius 2 is 2.13 bits per heavy atom. The molecule has 5 nitrogen and oxygen atoms in total. The zero-order chi connectivity index (χ0) is 16.0. The molecule has 3 aliphatic rings. The fourth-order valence-corrected chi connectivity index (χ4v) is 3.89. The van der Waals surface area contributed by atoms with Gasteiger partial charge in [-0.3, -0.25) is 4.79 Å². The molecule has 23 heavy (non-hydrogen) atoms. The summed E-state index contributed by atoms with van der Waals surface area (Å²) in [6.07, 6.45) is 3.33. The Bertz CT molecular complexity index is 627. The lowest BCUT2D eigenvalue weighted by Gasteiger charge is -2.43. The summed E-state index contributed by atoms with van der Waals surface area (Å²) in [5.41, 5.74) is 0.380. The molecule has 1 saturated carbocycles. The predicted octanol–water partition coefficient (Wildman–Crippen LogP) is 1.97. The van der Waals surface area contributed by atoms with Crippen molar-refractivity contribution in [2.45, 2.75) is 38.2 Å². The molecule has 1 aromatic rings. The summed E-state index contributed by atoms with van der Waals surface area (Å²) in [5.74, 6) is 2.16. The van der Waals surface area contributed by atoms with Crippen molar-refractivity contribution in [2.24, 2.45) is 11.8 Å². The van der Waals surface area contributed by atoms with E-state index in [2.05, 4.69) is 6.92 Å². The monoisotopic (exact) mass is 317 g/mol. The zero-order valence-corrected chi connectivity index (χ0v) is 13.5. The third-order valence-electron chi connectivity index (χ3n) is 5.56. The third kappa shape index (κ3) is 2.67. The van der Waals surface area contributed by atoms with E-state index in [4.69, 9.17) is 9.47 Å². The topological polar surface area (TPSA) is 59.0 Å². The lowest BCUT2D eigenvalue weighted by molar-refractivity contribution is -0.140. The van der Waals surface area contributed by atoms with Crippen LogP contribution in [0.5, 0.6) is 11.5 Å². The maximum absolute atomic E-state index is 12.6. The van der Waals surface area contributed by atoms with Crippen LogP contribution in [0.25, 0.3) is 0 Å². The summed E-state index contributed by atoms with van der Waals surface area (Å²) in [5, 5.41) is 10.8. The number of nitrogens with zero attached hydrogens (tertiary/aromatic N) is 1. The Hall–Kier alpha value is -1.75. The van der Waals surface area contributed by atoms with Crippen molar-refractivity contribution >= 4 is 5.91 Å². The minimum Gasteiger partial charge on any atom is -0.454 e. The van der Waals surface area contributed by atoms with E-state index in [9.17, 15) is 9.90 Å². The molecule has 2 heterocycles. The van der Waals surface area contributed by atoms with Gasteiger partial charge in [0, 0.05) is 19.0 Å². The highest BCUT2D eigenvalue weighted by Gasteiger charge is 2.50. The maximum Gasteiger partial charge on any atom is 0.231 e. The highest BCUT2D eigenvalue weighted by atomic mass is 16.7. The molecule has 124 valence electrons. The molecule has 2 aliphatic heterocycles. The molecule has 2 atom stereocenters. The smallest absolute Gasteiger partial charge is 0.231 e. The minimum absolute atomic E-state index is 0.119. The summed E-state index contributed by atoms with van der Waals surface area (Å²) < 4.78 is 10.7. The predicted molar refractivity (Wildman–Crippen MR) is 84.3 cm³/mol. The van der Waals surface area contributed by atoms with Gasteiger partial charge in [-0.05, 0) is 42.9 Å². The van der Waals surface area contributed by atoms with Crippen LogP contribution in [0, 0.1) is 11.8 Å². The van der Waals surface area contributed by atoms with E-state index < -0.39 is 5.60 Å². The second-order valence-corrected chi connectivity index (χ2v) is 7.12. The summed E-state index contributed by atoms with van der Waals surface area (Å²) in [7, 11) is 0. The fourth-order valence-electron chi connectivity index (χ4n) is 3.89. The van der Waals surface area contributed by atoms with Crippen LogP contribution in [0.2, 0.25) is 0 Å². The highest BCUT2D eigenvalue weighted by Crippen LogP contribution is 2.47. The van der Waals surface area contributed by atoms with Gasteiger partial charge in [0.15, 0.2) is 11.5 Å². The van der Waals surface area contributed by atoms with Crippen molar-refractivity contribution in [1.29, 1.82) is 0 Å². The average molecular weight is 317 g/mol. The molecular formula is C18H23NO4. The number of hydrogen-bond acceptors (Lipinski definition) is 4. The first kappa shape index (κ1) is 14.8. The first-order valence-electron chi connectivity index (χ1n) is 8.45. The van der Waals surface area contributed by atoms with Gasteiger partial charge in [-0.25, -0.2) is 0 Å². The number of fused-ring (bicyclic) bond motifs is 1. The third-order valence-corrected chi connectivity index (χ3v) is 5.56. The number of benzene rings is 1. The number of carbonyl (C=O) groups excluding carboxylic acids is 1. The van der Waals surface area contributed by atoms with Crippen molar-refractivity contribution in [1.82, 2.24) is 4.90 Å². The molecule has 1 N–H and O–H groups in total. The SMILES string of the molecule is C[C@H]1CN(C(=O)Cc2ccc3c(c2)OCO3)CC[C@]1(O)C1CC1. The van der Waals surface area contributed by atoms with Gasteiger partial charge in [0.05, 0.1) is 12.0 Å². The molecule has 0 unspecified atom stereocenters. The van der Waals surface area contributed by atoms with Crippen LogP contribution in [0.1, 0.15) is 31.7 Å². The summed E-state index contributed by atoms with van der Waals surface area (Å²) in [4.78, 5) is 14.5. The van der Waals surface area contributed by atoms with E-state index >= 15 is 0 Å². The number of likely N-dealkylation sites (tertiary alicyclic amines) is 1. The van der Waals surface area contributed by atoms with Gasteiger partial charge < -0.3 is 19.5 Å². The van der Waals surface area contributed by atoms with Crippen LogP contribution in [-0.2, 0) is 11.2 Å². The fraction of sp³-hybridized carbons (Fsp3) is 0.611. The second-order valence-electron chi connectivity index (χ2n) is 7.12. The molecule has 5 heteroatoms. The van der Waals surface area contributed by atoms with Crippen molar-refractivity contribution in [3.05, 3.63) is 23.8 Å². The number of carbonyl (C=O) groups is 1. The minimum atomic E-state index is -0.560. The van der Waals surface area contributed by atoms with E-state index in [1.165, 1.54) is 0 Å². The number of piperidine rings is 1. The molecule has 0 bridgehead atoms. The van der Waals surface area contributed by atoms with Crippen LogP contribution < -0.4 is 9.47 Å². The first-order valence-corrected chi connectivity index (χ1v) is 8.45. The van der Waals surface area contributed by atoms with Crippen molar-refractivity contribution < 1.29 is 19.4 Å². The van der Waals surface area contributed by atoms with Crippen molar-refractivity contribution in [3.63, 3.8) is 0 Å². The summed E-state index contributed by atoms with van der Waals surface area (Å²) in [6, 6.07) is 5.66. The maximum atomic E-state index is 12.6. The molecule has 1 aliphatic carbocycles. The Labute approximate surface area is 136 Å². The Balaban J connectivity index is 1.40. The molecule has 1 saturated heterocycles. The highest BCUT2D eigenvalue weighted by molar-refractivity contribution is 5.79. The van der Waals surface area contributed by atoms with Gasteiger partial charge in [-0.15, -0.1) is 0 Å². The molecule has 0 aromatic heterocycles. The van der Waals surface area contributed by atoms with Gasteiger partial charge in [-0.2, -0.15) is 0 Å². The van der Waals surface area contributed by atoms with Crippen molar-refractivity contribution in [3.8, 4) is 11.5 Å². The Morgan fingerprint density at radius 1 is 1.35 bits per heavy atom. The molecule has 0 radical (unpaired) electrons. The number of hydrogen-bond donors (Lipinski definition) is 1. The number of aliphatic hydroxyl groups is 1. The lowest BCUT2D eigenvalue weighted by Crippen LogP contribution is -2.53. The standard InChI is InChI=1S/C18H23NO4/c1-12-10-19(7-6-18(12,21)14-3-4-14)17(20)9-13-2-5-15-16(8-13)23-11-22-15/h2,5,8,12,14,21H,3-4,6-7,9-11H2,1H3/t12-,18+/m0/s1. The molecule has 1 amide bonds. The first-order chi connectivity index (χ1) is 11.1. The van der Waals surface area contributed by atoms with E-state index in [1.807, 2.05) is 23.1 Å². The van der Waals surface area contributed by atoms with E-state index in [0.29, 0.717) is 37.6 Å². The summed E-state index contributed by atoms with van der Waals surface area (Å²) in [6.45, 7) is 3.62. The van der Waals surface area contributed by atoms with Gasteiger partial charge in [0.1, 0.15) is 0 Å². The van der Waals surface area contributed by atoms with E-state index in [0.717, 1.165) is 24.2 Å². The van der Waals surface area contributed by atoms with Gasteiger partial charge in [-0.1, -0.05) is 13.0 Å². The summed E-state index contributed by atoms with van der Waals surface area (Å²) >= 11 is 0. The molecule has 0 spiro atoms. The quantitative estimate of drug-likeness (QED) is 0.926. The van der Waals surface area contributed by atoms with Gasteiger partial charge in [0.2, 0.25) is 12.7 Å². The van der Waals surface area contributed by atoms with Gasteiger partial charge >= 0.3 is 0 Å². The van der Waals surface area contributed by atoms with Crippen LogP contribution in [-0.4, -0.2) is 41.4 Å². The zero-order valence-electron chi connectivity index (χ0n) is 13.5. The van der Waals surface area contributed by atoms with Crippen LogP contribution in [0.4, 0.5) is 0 Å². The van der Waals surface area contributed by atoms with Crippen molar-refractivity contribution in [2.75, 3.05) is 19.9 Å². The lowest BCUT2D eigenvalue weighted by atomic mass is 9.78.